The highest BCUT2D eigenvalue weighted by molar-refractivity contribution is 7.19. The minimum atomic E-state index is -0.212. The maximum atomic E-state index is 13.1. The zero-order chi connectivity index (χ0) is 13.0. The van der Waals surface area contributed by atoms with E-state index >= 15 is 0 Å². The van der Waals surface area contributed by atoms with E-state index in [0.29, 0.717) is 0 Å². The Morgan fingerprint density at radius 2 is 2.28 bits per heavy atom. The molecule has 3 N–H and O–H groups in total. The lowest BCUT2D eigenvalue weighted by atomic mass is 10.1. The molecule has 0 radical (unpaired) electrons. The number of halogens is 1. The first-order chi connectivity index (χ1) is 8.74. The molecule has 0 saturated carbocycles. The van der Waals surface area contributed by atoms with Crippen molar-refractivity contribution in [3.63, 3.8) is 0 Å². The first-order valence-electron chi connectivity index (χ1n) is 5.83. The number of thiophene rings is 1. The summed E-state index contributed by atoms with van der Waals surface area (Å²) in [5, 5.41) is 0.923. The molecule has 1 unspecified atom stereocenters. The van der Waals surface area contributed by atoms with Gasteiger partial charge < -0.3 is 0 Å². The second-order valence-corrected chi connectivity index (χ2v) is 5.26. The van der Waals surface area contributed by atoms with Gasteiger partial charge in [-0.3, -0.25) is 11.3 Å². The Balaban J connectivity index is 2.20. The van der Waals surface area contributed by atoms with Crippen molar-refractivity contribution in [2.45, 2.75) is 25.3 Å². The molecular formula is C14H15FN2S. The van der Waals surface area contributed by atoms with Gasteiger partial charge in [0, 0.05) is 16.0 Å². The van der Waals surface area contributed by atoms with Gasteiger partial charge in [0.15, 0.2) is 0 Å². The van der Waals surface area contributed by atoms with Crippen LogP contribution in [-0.2, 0) is 0 Å². The van der Waals surface area contributed by atoms with Crippen LogP contribution in [0.1, 0.15) is 30.2 Å². The molecule has 2 nitrogen and oxygen atoms in total. The maximum absolute atomic E-state index is 13.1. The van der Waals surface area contributed by atoms with Crippen LogP contribution in [0, 0.1) is 18.2 Å². The third-order valence-corrected chi connectivity index (χ3v) is 4.09. The van der Waals surface area contributed by atoms with E-state index in [1.807, 2.05) is 6.07 Å². The number of terminal acetylenes is 1. The van der Waals surface area contributed by atoms with E-state index in [0.717, 1.165) is 34.2 Å². The topological polar surface area (TPSA) is 38.0 Å². The number of hydrogen-bond acceptors (Lipinski definition) is 3. The highest BCUT2D eigenvalue weighted by atomic mass is 32.1. The maximum Gasteiger partial charge on any atom is 0.123 e. The normalized spacial score (nSPS) is 12.5. The predicted molar refractivity (Wildman–Crippen MR) is 74.5 cm³/mol. The Morgan fingerprint density at radius 3 is 3.00 bits per heavy atom. The van der Waals surface area contributed by atoms with Crippen LogP contribution in [-0.4, -0.2) is 0 Å². The van der Waals surface area contributed by atoms with Gasteiger partial charge in [0.2, 0.25) is 0 Å². The number of nitrogens with two attached hydrogens (primary N) is 1. The Morgan fingerprint density at radius 1 is 1.44 bits per heavy atom. The van der Waals surface area contributed by atoms with Crippen LogP contribution in [0.15, 0.2) is 24.3 Å². The van der Waals surface area contributed by atoms with E-state index in [-0.39, 0.29) is 11.9 Å². The van der Waals surface area contributed by atoms with Crippen molar-refractivity contribution >= 4 is 21.4 Å². The summed E-state index contributed by atoms with van der Waals surface area (Å²) in [4.78, 5) is 1.12. The molecule has 1 aromatic heterocycles. The van der Waals surface area contributed by atoms with Crippen molar-refractivity contribution < 1.29 is 4.39 Å². The monoisotopic (exact) mass is 262 g/mol. The molecule has 0 saturated heterocycles. The van der Waals surface area contributed by atoms with Crippen LogP contribution in [0.4, 0.5) is 4.39 Å². The van der Waals surface area contributed by atoms with Gasteiger partial charge in [0.05, 0.1) is 6.04 Å². The minimum Gasteiger partial charge on any atom is -0.271 e. The molecule has 1 aromatic carbocycles. The number of unbranched alkanes of at least 4 members (excludes halogenated alkanes) is 1. The SMILES string of the molecule is C#CCCCC(NN)c1cc2cc(F)ccc2s1. The highest BCUT2D eigenvalue weighted by Crippen LogP contribution is 2.32. The van der Waals surface area contributed by atoms with E-state index in [2.05, 4.69) is 11.3 Å². The quantitative estimate of drug-likeness (QED) is 0.375. The van der Waals surface area contributed by atoms with Gasteiger partial charge in [-0.15, -0.1) is 23.7 Å². The van der Waals surface area contributed by atoms with Crippen LogP contribution >= 0.6 is 11.3 Å². The Kier molecular flexibility index (Phi) is 4.32. The molecule has 0 bridgehead atoms. The number of fused-ring (bicyclic) bond motifs is 1. The fourth-order valence-electron chi connectivity index (χ4n) is 1.92. The molecule has 1 atom stereocenters. The number of nitrogens with one attached hydrogen (secondary N) is 1. The molecule has 1 heterocycles. The fourth-order valence-corrected chi connectivity index (χ4v) is 3.06. The van der Waals surface area contributed by atoms with Crippen molar-refractivity contribution in [3.8, 4) is 12.3 Å². The number of benzene rings is 1. The first-order valence-corrected chi connectivity index (χ1v) is 6.65. The largest absolute Gasteiger partial charge is 0.271 e. The average molecular weight is 262 g/mol. The molecule has 0 aliphatic carbocycles. The molecule has 18 heavy (non-hydrogen) atoms. The summed E-state index contributed by atoms with van der Waals surface area (Å²) in [5.41, 5.74) is 2.80. The summed E-state index contributed by atoms with van der Waals surface area (Å²) in [7, 11) is 0. The molecule has 4 heteroatoms. The standard InChI is InChI=1S/C14H15FN2S/c1-2-3-4-5-12(17-16)14-9-10-8-11(15)6-7-13(10)18-14/h1,6-9,12,17H,3-5,16H2. The second-order valence-electron chi connectivity index (χ2n) is 4.15. The highest BCUT2D eigenvalue weighted by Gasteiger charge is 2.12. The third-order valence-electron chi connectivity index (χ3n) is 2.86. The summed E-state index contributed by atoms with van der Waals surface area (Å²) in [5.74, 6) is 7.98. The second kappa shape index (κ2) is 5.96. The van der Waals surface area contributed by atoms with E-state index in [1.165, 1.54) is 6.07 Å². The van der Waals surface area contributed by atoms with E-state index < -0.39 is 0 Å². The van der Waals surface area contributed by atoms with Crippen LogP contribution in [0.5, 0.6) is 0 Å². The molecule has 0 aliphatic heterocycles. The summed E-state index contributed by atoms with van der Waals surface area (Å²) in [6.07, 6.45) is 7.79. The summed E-state index contributed by atoms with van der Waals surface area (Å²) < 4.78 is 14.2. The van der Waals surface area contributed by atoms with Crippen LogP contribution < -0.4 is 11.3 Å². The lowest BCUT2D eigenvalue weighted by Crippen LogP contribution is -2.27. The van der Waals surface area contributed by atoms with Gasteiger partial charge >= 0.3 is 0 Å². The third kappa shape index (κ3) is 2.88. The van der Waals surface area contributed by atoms with Gasteiger partial charge in [-0.25, -0.2) is 4.39 Å². The van der Waals surface area contributed by atoms with Crippen molar-refractivity contribution in [2.75, 3.05) is 0 Å². The van der Waals surface area contributed by atoms with Crippen molar-refractivity contribution in [2.24, 2.45) is 5.84 Å². The lowest BCUT2D eigenvalue weighted by molar-refractivity contribution is 0.510. The zero-order valence-corrected chi connectivity index (χ0v) is 10.8. The Bertz CT molecular complexity index is 571. The van der Waals surface area contributed by atoms with Gasteiger partial charge in [0.1, 0.15) is 5.82 Å². The van der Waals surface area contributed by atoms with Gasteiger partial charge in [0.25, 0.3) is 0 Å². The van der Waals surface area contributed by atoms with E-state index in [1.54, 1.807) is 23.5 Å². The van der Waals surface area contributed by atoms with Crippen LogP contribution in [0.3, 0.4) is 0 Å². The molecule has 94 valence electrons. The van der Waals surface area contributed by atoms with Crippen molar-refractivity contribution in [3.05, 3.63) is 35.0 Å². The molecular weight excluding hydrogens is 247 g/mol. The summed E-state index contributed by atoms with van der Waals surface area (Å²) >= 11 is 1.64. The zero-order valence-electron chi connectivity index (χ0n) is 9.95. The van der Waals surface area contributed by atoms with Gasteiger partial charge in [-0.2, -0.15) is 0 Å². The smallest absolute Gasteiger partial charge is 0.123 e. The first kappa shape index (κ1) is 13.0. The number of hydrazine groups is 1. The average Bonchev–Trinajstić information content (AvgIpc) is 2.77. The van der Waals surface area contributed by atoms with Gasteiger partial charge in [-0.1, -0.05) is 0 Å². The minimum absolute atomic E-state index is 0.0822. The molecule has 0 aliphatic rings. The lowest BCUT2D eigenvalue weighted by Gasteiger charge is -2.12. The summed E-state index contributed by atoms with van der Waals surface area (Å²) in [6.45, 7) is 0. The number of rotatable bonds is 5. The van der Waals surface area contributed by atoms with Crippen molar-refractivity contribution in [1.82, 2.24) is 5.43 Å². The van der Waals surface area contributed by atoms with Gasteiger partial charge in [-0.05, 0) is 42.5 Å². The Labute approximate surface area is 110 Å². The summed E-state index contributed by atoms with van der Waals surface area (Å²) in [6, 6.07) is 6.90. The molecule has 2 rings (SSSR count). The molecule has 0 spiro atoms. The van der Waals surface area contributed by atoms with E-state index in [4.69, 9.17) is 12.3 Å². The fraction of sp³-hybridized carbons (Fsp3) is 0.286. The van der Waals surface area contributed by atoms with Crippen molar-refractivity contribution in [1.29, 1.82) is 0 Å². The molecule has 0 fully saturated rings. The number of hydrogen-bond donors (Lipinski definition) is 2. The van der Waals surface area contributed by atoms with E-state index in [9.17, 15) is 4.39 Å². The Hall–Kier alpha value is -1.41. The van der Waals surface area contributed by atoms with Crippen LogP contribution in [0.25, 0.3) is 10.1 Å². The van der Waals surface area contributed by atoms with Crippen LogP contribution in [0.2, 0.25) is 0 Å². The molecule has 2 aromatic rings. The molecule has 0 amide bonds. The predicted octanol–water partition coefficient (Wildman–Crippen LogP) is 3.35.